The molecule has 0 heterocycles. The molecule has 114 valence electrons. The van der Waals surface area contributed by atoms with Gasteiger partial charge >= 0.3 is 6.18 Å². The number of alkyl halides is 3. The minimum atomic E-state index is -4.30. The highest BCUT2D eigenvalue weighted by atomic mass is 32.2. The van der Waals surface area contributed by atoms with Gasteiger partial charge < -0.3 is 5.32 Å². The van der Waals surface area contributed by atoms with Crippen molar-refractivity contribution in [3.8, 4) is 0 Å². The topological polar surface area (TPSA) is 12.0 Å². The van der Waals surface area contributed by atoms with Crippen LogP contribution in [0.25, 0.3) is 0 Å². The first-order chi connectivity index (χ1) is 9.20. The van der Waals surface area contributed by atoms with Crippen molar-refractivity contribution in [1.82, 2.24) is 5.32 Å². The van der Waals surface area contributed by atoms with Gasteiger partial charge in [0.15, 0.2) is 0 Å². The molecule has 1 nitrogen and oxygen atoms in total. The maximum atomic E-state index is 13.1. The minimum absolute atomic E-state index is 0.249. The van der Waals surface area contributed by atoms with Crippen LogP contribution < -0.4 is 5.32 Å². The summed E-state index contributed by atoms with van der Waals surface area (Å²) in [7, 11) is 0. The van der Waals surface area contributed by atoms with Crippen LogP contribution in [0.1, 0.15) is 38.8 Å². The van der Waals surface area contributed by atoms with E-state index in [2.05, 4.69) is 5.32 Å². The summed E-state index contributed by atoms with van der Waals surface area (Å²) in [4.78, 5) is 0.319. The summed E-state index contributed by atoms with van der Waals surface area (Å²) in [5.74, 6) is 1.05. The molecule has 0 atom stereocenters. The quantitative estimate of drug-likeness (QED) is 0.746. The molecule has 1 aromatic carbocycles. The summed E-state index contributed by atoms with van der Waals surface area (Å²) in [5, 5.41) is 3.14. The highest BCUT2D eigenvalue weighted by molar-refractivity contribution is 7.99. The Balaban J connectivity index is 2.95. The number of nitrogens with one attached hydrogen (secondary N) is 1. The SMILES string of the molecule is CC(C)CSc1ccc(CNC(C)C)cc1C(F)(F)F. The second-order valence-corrected chi connectivity index (χ2v) is 6.63. The molecular weight excluding hydrogens is 283 g/mol. The second-order valence-electron chi connectivity index (χ2n) is 5.57. The zero-order valence-electron chi connectivity index (χ0n) is 12.3. The van der Waals surface area contributed by atoms with Gasteiger partial charge in [-0.15, -0.1) is 11.8 Å². The average Bonchev–Trinajstić information content (AvgIpc) is 2.33. The smallest absolute Gasteiger partial charge is 0.310 e. The van der Waals surface area contributed by atoms with Crippen molar-refractivity contribution >= 4 is 11.8 Å². The predicted octanol–water partition coefficient (Wildman–Crippen LogP) is 4.95. The molecule has 0 amide bonds. The molecule has 0 saturated carbocycles. The van der Waals surface area contributed by atoms with Crippen LogP contribution in [-0.2, 0) is 12.7 Å². The summed E-state index contributed by atoms with van der Waals surface area (Å²) in [6.07, 6.45) is -4.30. The van der Waals surface area contributed by atoms with Gasteiger partial charge in [0.1, 0.15) is 0 Å². The lowest BCUT2D eigenvalue weighted by Crippen LogP contribution is -2.22. The predicted molar refractivity (Wildman–Crippen MR) is 79.0 cm³/mol. The first-order valence-corrected chi connectivity index (χ1v) is 7.75. The van der Waals surface area contributed by atoms with Crippen molar-refractivity contribution in [2.24, 2.45) is 5.92 Å². The van der Waals surface area contributed by atoms with Gasteiger partial charge in [-0.2, -0.15) is 13.2 Å². The van der Waals surface area contributed by atoms with E-state index in [1.54, 1.807) is 12.1 Å². The lowest BCUT2D eigenvalue weighted by molar-refractivity contribution is -0.139. The Morgan fingerprint density at radius 3 is 2.30 bits per heavy atom. The van der Waals surface area contributed by atoms with Gasteiger partial charge in [-0.05, 0) is 23.6 Å². The van der Waals surface area contributed by atoms with E-state index < -0.39 is 11.7 Å². The Morgan fingerprint density at radius 1 is 1.15 bits per heavy atom. The molecule has 20 heavy (non-hydrogen) atoms. The van der Waals surface area contributed by atoms with E-state index >= 15 is 0 Å². The summed E-state index contributed by atoms with van der Waals surface area (Å²) < 4.78 is 39.4. The lowest BCUT2D eigenvalue weighted by atomic mass is 10.1. The number of rotatable bonds is 6. The van der Waals surface area contributed by atoms with Gasteiger partial charge in [0, 0.05) is 23.2 Å². The summed E-state index contributed by atoms with van der Waals surface area (Å²) in [6.45, 7) is 8.40. The van der Waals surface area contributed by atoms with E-state index in [0.717, 1.165) is 0 Å². The van der Waals surface area contributed by atoms with Crippen LogP contribution in [0.2, 0.25) is 0 Å². The van der Waals surface area contributed by atoms with Crippen LogP contribution in [0.4, 0.5) is 13.2 Å². The molecule has 0 radical (unpaired) electrons. The first-order valence-electron chi connectivity index (χ1n) is 6.76. The fourth-order valence-corrected chi connectivity index (χ4v) is 2.62. The average molecular weight is 305 g/mol. The van der Waals surface area contributed by atoms with E-state index in [1.165, 1.54) is 17.8 Å². The standard InChI is InChI=1S/C15H22F3NS/c1-10(2)9-20-14-6-5-12(8-19-11(3)4)7-13(14)15(16,17)18/h5-7,10-11,19H,8-9H2,1-4H3. The van der Waals surface area contributed by atoms with Crippen LogP contribution >= 0.6 is 11.8 Å². The molecule has 1 N–H and O–H groups in total. The molecular formula is C15H22F3NS. The van der Waals surface area contributed by atoms with Crippen LogP contribution in [0.5, 0.6) is 0 Å². The van der Waals surface area contributed by atoms with E-state index in [-0.39, 0.29) is 6.04 Å². The number of hydrogen-bond acceptors (Lipinski definition) is 2. The fraction of sp³-hybridized carbons (Fsp3) is 0.600. The lowest BCUT2D eigenvalue weighted by Gasteiger charge is -2.16. The molecule has 0 aromatic heterocycles. The molecule has 5 heteroatoms. The van der Waals surface area contributed by atoms with Gasteiger partial charge in [0.25, 0.3) is 0 Å². The second kappa shape index (κ2) is 7.36. The molecule has 0 bridgehead atoms. The maximum absolute atomic E-state index is 13.1. The molecule has 0 aliphatic heterocycles. The first kappa shape index (κ1) is 17.4. The third-order valence-electron chi connectivity index (χ3n) is 2.64. The van der Waals surface area contributed by atoms with Crippen molar-refractivity contribution in [3.05, 3.63) is 29.3 Å². The third-order valence-corrected chi connectivity index (χ3v) is 4.14. The third kappa shape index (κ3) is 5.75. The number of benzene rings is 1. The fourth-order valence-electron chi connectivity index (χ4n) is 1.61. The number of hydrogen-bond donors (Lipinski definition) is 1. The molecule has 1 aromatic rings. The Hall–Kier alpha value is -0.680. The Labute approximate surface area is 123 Å². The van der Waals surface area contributed by atoms with Crippen molar-refractivity contribution < 1.29 is 13.2 Å². The highest BCUT2D eigenvalue weighted by Gasteiger charge is 2.33. The van der Waals surface area contributed by atoms with E-state index in [4.69, 9.17) is 0 Å². The zero-order chi connectivity index (χ0) is 15.3. The Kier molecular flexibility index (Phi) is 6.40. The van der Waals surface area contributed by atoms with Crippen LogP contribution in [0.3, 0.4) is 0 Å². The maximum Gasteiger partial charge on any atom is 0.417 e. The summed E-state index contributed by atoms with van der Waals surface area (Å²) >= 11 is 1.27. The van der Waals surface area contributed by atoms with Crippen LogP contribution in [0, 0.1) is 5.92 Å². The van der Waals surface area contributed by atoms with E-state index in [1.807, 2.05) is 27.7 Å². The zero-order valence-corrected chi connectivity index (χ0v) is 13.2. The van der Waals surface area contributed by atoms with Crippen molar-refractivity contribution in [2.45, 2.75) is 51.4 Å². The van der Waals surface area contributed by atoms with Gasteiger partial charge in [-0.1, -0.05) is 33.8 Å². The summed E-state index contributed by atoms with van der Waals surface area (Å²) in [5.41, 5.74) is 0.145. The normalized spacial score (nSPS) is 12.4. The molecule has 1 rings (SSSR count). The van der Waals surface area contributed by atoms with Crippen molar-refractivity contribution in [1.29, 1.82) is 0 Å². The molecule has 0 saturated heterocycles. The molecule has 0 aliphatic rings. The number of thioether (sulfide) groups is 1. The molecule has 0 fully saturated rings. The Morgan fingerprint density at radius 2 is 1.80 bits per heavy atom. The minimum Gasteiger partial charge on any atom is -0.310 e. The molecule has 0 aliphatic carbocycles. The largest absolute Gasteiger partial charge is 0.417 e. The van der Waals surface area contributed by atoms with Gasteiger partial charge in [0.2, 0.25) is 0 Å². The van der Waals surface area contributed by atoms with Crippen LogP contribution in [0.15, 0.2) is 23.1 Å². The summed E-state index contributed by atoms with van der Waals surface area (Å²) in [6, 6.07) is 4.87. The van der Waals surface area contributed by atoms with Gasteiger partial charge in [-0.25, -0.2) is 0 Å². The van der Waals surface area contributed by atoms with E-state index in [9.17, 15) is 13.2 Å². The Bertz CT molecular complexity index is 428. The van der Waals surface area contributed by atoms with Gasteiger partial charge in [0.05, 0.1) is 5.56 Å². The van der Waals surface area contributed by atoms with E-state index in [0.29, 0.717) is 28.7 Å². The van der Waals surface area contributed by atoms with Gasteiger partial charge in [-0.3, -0.25) is 0 Å². The number of halogens is 3. The van der Waals surface area contributed by atoms with Crippen molar-refractivity contribution in [3.63, 3.8) is 0 Å². The highest BCUT2D eigenvalue weighted by Crippen LogP contribution is 2.37. The van der Waals surface area contributed by atoms with Crippen molar-refractivity contribution in [2.75, 3.05) is 5.75 Å². The molecule has 0 unspecified atom stereocenters. The van der Waals surface area contributed by atoms with Crippen LogP contribution in [-0.4, -0.2) is 11.8 Å². The molecule has 0 spiro atoms. The monoisotopic (exact) mass is 305 g/mol.